The van der Waals surface area contributed by atoms with Gasteiger partial charge in [0.05, 0.1) is 23.7 Å². The van der Waals surface area contributed by atoms with E-state index in [1.165, 1.54) is 39.8 Å². The molecule has 10 heteroatoms. The molecule has 2 aromatic heterocycles. The molecule has 1 N–H and O–H groups in total. The van der Waals surface area contributed by atoms with Crippen molar-refractivity contribution in [3.63, 3.8) is 0 Å². The molecule has 0 radical (unpaired) electrons. The third-order valence-electron chi connectivity index (χ3n) is 5.63. The Morgan fingerprint density at radius 2 is 1.97 bits per heavy atom. The van der Waals surface area contributed by atoms with E-state index in [0.29, 0.717) is 43.1 Å². The number of sulfonamides is 1. The van der Waals surface area contributed by atoms with Crippen LogP contribution in [0.1, 0.15) is 49.8 Å². The zero-order valence-corrected chi connectivity index (χ0v) is 17.8. The van der Waals surface area contributed by atoms with Gasteiger partial charge in [-0.25, -0.2) is 18.4 Å². The molecule has 0 aromatic carbocycles. The normalized spacial score (nSPS) is 18.3. The van der Waals surface area contributed by atoms with Crippen molar-refractivity contribution >= 4 is 22.0 Å². The van der Waals surface area contributed by atoms with Crippen molar-refractivity contribution < 1.29 is 8.42 Å². The Labute approximate surface area is 176 Å². The van der Waals surface area contributed by atoms with Gasteiger partial charge in [0.25, 0.3) is 0 Å². The number of aromatic nitrogens is 4. The number of hydrogen-bond donors (Lipinski definition) is 1. The van der Waals surface area contributed by atoms with E-state index in [0.717, 1.165) is 12.8 Å². The molecule has 1 saturated carbocycles. The van der Waals surface area contributed by atoms with E-state index in [-0.39, 0.29) is 10.9 Å². The SMILES string of the molecule is Cn1cc(S(=O)(=O)N2CCC(Nc3ncc(C#N)c(C=C4CCCC4)n3)CC2)cn1. The highest BCUT2D eigenvalue weighted by Crippen LogP contribution is 2.27. The highest BCUT2D eigenvalue weighted by Gasteiger charge is 2.30. The van der Waals surface area contributed by atoms with Gasteiger partial charge >= 0.3 is 0 Å². The Hall–Kier alpha value is -2.77. The number of nitriles is 1. The Bertz CT molecular complexity index is 1080. The predicted octanol–water partition coefficient (Wildman–Crippen LogP) is 2.30. The molecule has 0 amide bonds. The molecule has 1 saturated heterocycles. The van der Waals surface area contributed by atoms with Crippen LogP contribution in [-0.2, 0) is 17.1 Å². The van der Waals surface area contributed by atoms with Crippen LogP contribution in [0.25, 0.3) is 6.08 Å². The quantitative estimate of drug-likeness (QED) is 0.778. The average Bonchev–Trinajstić information content (AvgIpc) is 3.41. The molecule has 0 spiro atoms. The fraction of sp³-hybridized carbons (Fsp3) is 0.500. The highest BCUT2D eigenvalue weighted by molar-refractivity contribution is 7.89. The van der Waals surface area contributed by atoms with Gasteiger partial charge in [-0.3, -0.25) is 4.68 Å². The summed E-state index contributed by atoms with van der Waals surface area (Å²) < 4.78 is 28.5. The van der Waals surface area contributed by atoms with E-state index in [1.54, 1.807) is 13.2 Å². The molecule has 2 aliphatic rings. The molecule has 0 unspecified atom stereocenters. The van der Waals surface area contributed by atoms with Crippen LogP contribution in [0.15, 0.2) is 29.1 Å². The van der Waals surface area contributed by atoms with E-state index in [9.17, 15) is 13.7 Å². The smallest absolute Gasteiger partial charge is 0.246 e. The van der Waals surface area contributed by atoms with Crippen LogP contribution in [-0.4, -0.2) is 51.6 Å². The second-order valence-electron chi connectivity index (χ2n) is 7.79. The summed E-state index contributed by atoms with van der Waals surface area (Å²) in [5.41, 5.74) is 2.45. The minimum Gasteiger partial charge on any atom is -0.351 e. The Balaban J connectivity index is 1.42. The lowest BCUT2D eigenvalue weighted by molar-refractivity contribution is 0.329. The standard InChI is InChI=1S/C20H25N7O2S/c1-26-14-18(13-23-26)30(28,29)27-8-6-17(7-9-27)24-20-22-12-16(11-21)19(25-20)10-15-4-2-3-5-15/h10,12-14,17H,2-9H2,1H3,(H,22,24,25). The maximum Gasteiger partial charge on any atom is 0.246 e. The lowest BCUT2D eigenvalue weighted by Crippen LogP contribution is -2.42. The molecule has 30 heavy (non-hydrogen) atoms. The number of nitrogens with one attached hydrogen (secondary N) is 1. The topological polar surface area (TPSA) is 117 Å². The number of anilines is 1. The third kappa shape index (κ3) is 4.37. The number of piperidine rings is 1. The van der Waals surface area contributed by atoms with Crippen molar-refractivity contribution in [2.45, 2.75) is 49.5 Å². The molecule has 1 aliphatic heterocycles. The van der Waals surface area contributed by atoms with Crippen molar-refractivity contribution in [3.05, 3.63) is 35.4 Å². The van der Waals surface area contributed by atoms with Crippen molar-refractivity contribution in [3.8, 4) is 6.07 Å². The Kier molecular flexibility index (Phi) is 5.83. The average molecular weight is 428 g/mol. The van der Waals surface area contributed by atoms with Crippen molar-refractivity contribution in [1.82, 2.24) is 24.1 Å². The summed E-state index contributed by atoms with van der Waals surface area (Å²) in [4.78, 5) is 9.05. The minimum absolute atomic E-state index is 0.0743. The zero-order chi connectivity index (χ0) is 21.1. The van der Waals surface area contributed by atoms with Gasteiger partial charge in [-0.05, 0) is 44.6 Å². The van der Waals surface area contributed by atoms with Gasteiger partial charge in [-0.2, -0.15) is 14.7 Å². The van der Waals surface area contributed by atoms with Crippen molar-refractivity contribution in [2.24, 2.45) is 7.05 Å². The van der Waals surface area contributed by atoms with Crippen LogP contribution >= 0.6 is 0 Å². The molecule has 158 valence electrons. The van der Waals surface area contributed by atoms with Gasteiger partial charge in [-0.1, -0.05) is 5.57 Å². The lowest BCUT2D eigenvalue weighted by atomic mass is 10.1. The number of rotatable bonds is 5. The monoisotopic (exact) mass is 427 g/mol. The van der Waals surface area contributed by atoms with Crippen molar-refractivity contribution in [2.75, 3.05) is 18.4 Å². The zero-order valence-electron chi connectivity index (χ0n) is 17.0. The first kappa shape index (κ1) is 20.5. The summed E-state index contributed by atoms with van der Waals surface area (Å²) in [7, 11) is -1.82. The van der Waals surface area contributed by atoms with E-state index >= 15 is 0 Å². The first-order chi connectivity index (χ1) is 14.5. The van der Waals surface area contributed by atoms with Gasteiger partial charge < -0.3 is 5.32 Å². The molecule has 4 rings (SSSR count). The van der Waals surface area contributed by atoms with E-state index in [2.05, 4.69) is 26.5 Å². The molecule has 1 aliphatic carbocycles. The summed E-state index contributed by atoms with van der Waals surface area (Å²) in [6.45, 7) is 0.837. The largest absolute Gasteiger partial charge is 0.351 e. The van der Waals surface area contributed by atoms with Crippen LogP contribution in [0.2, 0.25) is 0 Å². The fourth-order valence-corrected chi connectivity index (χ4v) is 5.39. The number of hydrogen-bond acceptors (Lipinski definition) is 7. The number of nitrogens with zero attached hydrogens (tertiary/aromatic N) is 6. The summed E-state index contributed by atoms with van der Waals surface area (Å²) in [5, 5.41) is 16.6. The maximum absolute atomic E-state index is 12.7. The van der Waals surface area contributed by atoms with Crippen molar-refractivity contribution in [1.29, 1.82) is 5.26 Å². The second-order valence-corrected chi connectivity index (χ2v) is 9.72. The van der Waals surface area contributed by atoms with E-state index < -0.39 is 10.0 Å². The molecule has 3 heterocycles. The summed E-state index contributed by atoms with van der Waals surface area (Å²) in [6.07, 6.45) is 12.3. The first-order valence-electron chi connectivity index (χ1n) is 10.2. The third-order valence-corrected chi connectivity index (χ3v) is 7.48. The molecule has 9 nitrogen and oxygen atoms in total. The number of allylic oxidation sites excluding steroid dienone is 1. The Morgan fingerprint density at radius 3 is 2.60 bits per heavy atom. The molecule has 0 atom stereocenters. The molecule has 2 aromatic rings. The van der Waals surface area contributed by atoms with Crippen LogP contribution < -0.4 is 5.32 Å². The Morgan fingerprint density at radius 1 is 1.23 bits per heavy atom. The maximum atomic E-state index is 12.7. The molecule has 2 fully saturated rings. The van der Waals surface area contributed by atoms with Crippen LogP contribution in [0.3, 0.4) is 0 Å². The lowest BCUT2D eigenvalue weighted by Gasteiger charge is -2.31. The van der Waals surface area contributed by atoms with Crippen LogP contribution in [0.4, 0.5) is 5.95 Å². The summed E-state index contributed by atoms with van der Waals surface area (Å²) in [5.74, 6) is 0.479. The van der Waals surface area contributed by atoms with Gasteiger partial charge in [0, 0.05) is 32.4 Å². The van der Waals surface area contributed by atoms with E-state index in [1.807, 2.05) is 6.08 Å². The van der Waals surface area contributed by atoms with Crippen LogP contribution in [0, 0.1) is 11.3 Å². The molecule has 0 bridgehead atoms. The minimum atomic E-state index is -3.52. The molecular formula is C20H25N7O2S. The van der Waals surface area contributed by atoms with Gasteiger partial charge in [0.15, 0.2) is 0 Å². The second kappa shape index (κ2) is 8.53. The van der Waals surface area contributed by atoms with Gasteiger partial charge in [0.2, 0.25) is 16.0 Å². The van der Waals surface area contributed by atoms with Crippen LogP contribution in [0.5, 0.6) is 0 Å². The van der Waals surface area contributed by atoms with Gasteiger partial charge in [-0.15, -0.1) is 0 Å². The molecular weight excluding hydrogens is 402 g/mol. The summed E-state index contributed by atoms with van der Waals surface area (Å²) >= 11 is 0. The first-order valence-corrected chi connectivity index (χ1v) is 11.6. The van der Waals surface area contributed by atoms with Gasteiger partial charge in [0.1, 0.15) is 11.0 Å². The number of aryl methyl sites for hydroxylation is 1. The predicted molar refractivity (Wildman–Crippen MR) is 112 cm³/mol. The fourth-order valence-electron chi connectivity index (χ4n) is 3.93. The summed E-state index contributed by atoms with van der Waals surface area (Å²) in [6, 6.07) is 2.24. The van der Waals surface area contributed by atoms with E-state index in [4.69, 9.17) is 0 Å². The highest BCUT2D eigenvalue weighted by atomic mass is 32.2.